The molecule has 0 aromatic heterocycles. The molecule has 0 unspecified atom stereocenters. The lowest BCUT2D eigenvalue weighted by Gasteiger charge is -2.60. The zero-order chi connectivity index (χ0) is 33.1. The van der Waals surface area contributed by atoms with Gasteiger partial charge in [0.1, 0.15) is 18.4 Å². The second-order valence-corrected chi connectivity index (χ2v) is 11.5. The van der Waals surface area contributed by atoms with E-state index >= 15 is 0 Å². The predicted octanol–water partition coefficient (Wildman–Crippen LogP) is -0.0728. The van der Waals surface area contributed by atoms with E-state index in [1.54, 1.807) is 18.9 Å². The van der Waals surface area contributed by atoms with Gasteiger partial charge in [0.25, 0.3) is 5.91 Å². The van der Waals surface area contributed by atoms with Crippen molar-refractivity contribution in [2.75, 3.05) is 34.4 Å². The third-order valence-electron chi connectivity index (χ3n) is 9.35. The van der Waals surface area contributed by atoms with Crippen molar-refractivity contribution in [3.8, 4) is 23.3 Å². The van der Waals surface area contributed by atoms with Crippen LogP contribution in [0.15, 0.2) is 22.5 Å². The molecule has 3 N–H and O–H groups in total. The van der Waals surface area contributed by atoms with Crippen LogP contribution in [0.25, 0.3) is 0 Å². The molecule has 0 saturated carbocycles. The van der Waals surface area contributed by atoms with Crippen LogP contribution in [0.5, 0.6) is 17.2 Å². The van der Waals surface area contributed by atoms with Gasteiger partial charge < -0.3 is 29.7 Å². The fourth-order valence-electron chi connectivity index (χ4n) is 7.44. The lowest BCUT2D eigenvalue weighted by Crippen LogP contribution is -2.72. The highest BCUT2D eigenvalue weighted by atomic mass is 16.5. The summed E-state index contributed by atoms with van der Waals surface area (Å²) in [7, 11) is 4.39. The number of esters is 1. The van der Waals surface area contributed by atoms with Gasteiger partial charge in [-0.1, -0.05) is 0 Å². The van der Waals surface area contributed by atoms with Crippen LogP contribution in [0.2, 0.25) is 0 Å². The van der Waals surface area contributed by atoms with Gasteiger partial charge in [0.05, 0.1) is 32.4 Å². The Morgan fingerprint density at radius 3 is 2.33 bits per heavy atom. The number of nitriles is 1. The quantitative estimate of drug-likeness (QED) is 0.158. The van der Waals surface area contributed by atoms with Crippen LogP contribution in [0, 0.1) is 18.3 Å². The van der Waals surface area contributed by atoms with E-state index in [9.17, 15) is 39.4 Å². The Morgan fingerprint density at radius 1 is 1.07 bits per heavy atom. The highest BCUT2D eigenvalue weighted by molar-refractivity contribution is 6.35. The number of likely N-dealkylation sites (N-methyl/N-ethyl adjacent to an activating group) is 1. The zero-order valence-electron chi connectivity index (χ0n) is 25.7. The standard InChI is InChI=1S/C31H34N4O10/c1-12-25(39)15-7-17-19(9-32)35-18(24(34(17)4)23(15)27(41)29(12)43-5)8-16-22(20(35)10-33-31(42)14(3)37)26(40)30(44-6)13(2)28(16)45-21(38)11-36/h17-20,24,36,40H,7-8,10-11H2,1-6H3,(H,33,42)/t17-,18+,19+,20+,24-/m1/s1. The van der Waals surface area contributed by atoms with Gasteiger partial charge >= 0.3 is 5.97 Å². The van der Waals surface area contributed by atoms with E-state index in [2.05, 4.69) is 11.4 Å². The maximum atomic E-state index is 13.9. The fourth-order valence-corrected chi connectivity index (χ4v) is 7.44. The Bertz CT molecular complexity index is 1650. The van der Waals surface area contributed by atoms with E-state index < -0.39 is 60.3 Å². The Kier molecular flexibility index (Phi) is 8.30. The number of carbonyl (C=O) groups excluding carboxylic acids is 5. The normalized spacial score (nSPS) is 26.0. The number of aliphatic hydroxyl groups excluding tert-OH is 1. The zero-order valence-corrected chi connectivity index (χ0v) is 25.7. The highest BCUT2D eigenvalue weighted by Crippen LogP contribution is 2.54. The number of rotatable bonds is 7. The Labute approximate surface area is 258 Å². The summed E-state index contributed by atoms with van der Waals surface area (Å²) in [5, 5.41) is 34.3. The van der Waals surface area contributed by atoms with Crippen LogP contribution >= 0.6 is 0 Å². The summed E-state index contributed by atoms with van der Waals surface area (Å²) in [6, 6.07) is -1.62. The molecular formula is C31H34N4O10. The van der Waals surface area contributed by atoms with E-state index in [4.69, 9.17) is 14.2 Å². The molecular weight excluding hydrogens is 588 g/mol. The molecule has 2 bridgehead atoms. The topological polar surface area (TPSA) is 196 Å². The smallest absolute Gasteiger partial charge is 0.337 e. The molecule has 1 saturated heterocycles. The number of phenols is 1. The lowest BCUT2D eigenvalue weighted by molar-refractivity contribution is -0.137. The van der Waals surface area contributed by atoms with Gasteiger partial charge in [-0.15, -0.1) is 0 Å². The van der Waals surface area contributed by atoms with Crippen molar-refractivity contribution in [2.24, 2.45) is 0 Å². The van der Waals surface area contributed by atoms with Gasteiger partial charge in [-0.3, -0.25) is 29.0 Å². The molecule has 14 nitrogen and oxygen atoms in total. The number of allylic oxidation sites excluding steroid dienone is 2. The summed E-state index contributed by atoms with van der Waals surface area (Å²) >= 11 is 0. The molecule has 1 aliphatic carbocycles. The molecule has 1 fully saturated rings. The second kappa shape index (κ2) is 11.7. The third-order valence-corrected chi connectivity index (χ3v) is 9.35. The number of piperazine rings is 1. The number of phenolic OH excluding ortho intramolecular Hbond substituents is 1. The molecule has 1 amide bonds. The number of benzene rings is 1. The highest BCUT2D eigenvalue weighted by Gasteiger charge is 2.58. The van der Waals surface area contributed by atoms with Crippen molar-refractivity contribution in [3.05, 3.63) is 39.2 Å². The van der Waals surface area contributed by atoms with Crippen molar-refractivity contribution in [1.29, 1.82) is 5.26 Å². The van der Waals surface area contributed by atoms with Crippen LogP contribution in [0.1, 0.15) is 43.0 Å². The molecule has 3 heterocycles. The van der Waals surface area contributed by atoms with Crippen molar-refractivity contribution in [1.82, 2.24) is 15.1 Å². The summed E-state index contributed by atoms with van der Waals surface area (Å²) in [6.45, 7) is 2.99. The average molecular weight is 623 g/mol. The first-order chi connectivity index (χ1) is 21.3. The summed E-state index contributed by atoms with van der Waals surface area (Å²) in [5.74, 6) is -3.84. The number of hydrogen-bond acceptors (Lipinski definition) is 13. The van der Waals surface area contributed by atoms with E-state index in [-0.39, 0.29) is 70.5 Å². The van der Waals surface area contributed by atoms with Crippen molar-refractivity contribution in [3.63, 3.8) is 0 Å². The largest absolute Gasteiger partial charge is 0.504 e. The second-order valence-electron chi connectivity index (χ2n) is 11.5. The molecule has 5 atom stereocenters. The van der Waals surface area contributed by atoms with Crippen LogP contribution < -0.4 is 14.8 Å². The number of nitrogens with zero attached hydrogens (tertiary/aromatic N) is 3. The lowest BCUT2D eigenvalue weighted by atomic mass is 9.68. The average Bonchev–Trinajstić information content (AvgIpc) is 3.00. The third kappa shape index (κ3) is 4.70. The first-order valence-electron chi connectivity index (χ1n) is 14.3. The van der Waals surface area contributed by atoms with Gasteiger partial charge in [0.2, 0.25) is 11.6 Å². The molecule has 3 aliphatic heterocycles. The van der Waals surface area contributed by atoms with Gasteiger partial charge in [-0.2, -0.15) is 5.26 Å². The van der Waals surface area contributed by atoms with Crippen LogP contribution in [-0.2, 0) is 35.1 Å². The monoisotopic (exact) mass is 622 g/mol. The number of amides is 1. The number of Topliss-reactive ketones (excluding diaryl/α,β-unsaturated/α-hetero) is 3. The predicted molar refractivity (Wildman–Crippen MR) is 154 cm³/mol. The minimum absolute atomic E-state index is 0.00362. The molecule has 14 heteroatoms. The van der Waals surface area contributed by atoms with Crippen molar-refractivity contribution < 1.29 is 48.4 Å². The van der Waals surface area contributed by atoms with E-state index in [1.807, 2.05) is 4.90 Å². The summed E-state index contributed by atoms with van der Waals surface area (Å²) in [6.07, 6.45) is 0.104. The van der Waals surface area contributed by atoms with Crippen LogP contribution in [0.3, 0.4) is 0 Å². The van der Waals surface area contributed by atoms with Crippen molar-refractivity contribution >= 4 is 29.2 Å². The summed E-state index contributed by atoms with van der Waals surface area (Å²) < 4.78 is 16.4. The van der Waals surface area contributed by atoms with E-state index in [0.29, 0.717) is 11.1 Å². The first kappa shape index (κ1) is 31.8. The number of nitrogens with one attached hydrogen (secondary N) is 1. The van der Waals surface area contributed by atoms with Gasteiger partial charge in [0, 0.05) is 59.0 Å². The molecule has 0 spiro atoms. The van der Waals surface area contributed by atoms with E-state index in [1.165, 1.54) is 21.1 Å². The number of aliphatic hydroxyl groups is 1. The number of fused-ring (bicyclic) bond motifs is 6. The van der Waals surface area contributed by atoms with Crippen molar-refractivity contribution in [2.45, 2.75) is 63.8 Å². The minimum Gasteiger partial charge on any atom is -0.504 e. The Balaban J connectivity index is 1.79. The van der Waals surface area contributed by atoms with Crippen LogP contribution in [-0.4, -0.2) is 108 Å². The van der Waals surface area contributed by atoms with Gasteiger partial charge in [0.15, 0.2) is 23.0 Å². The number of hydrogen-bond donors (Lipinski definition) is 3. The molecule has 1 aromatic rings. The summed E-state index contributed by atoms with van der Waals surface area (Å²) in [5.41, 5.74) is 1.47. The Hall–Kier alpha value is -4.58. The number of carbonyl (C=O) groups is 5. The maximum Gasteiger partial charge on any atom is 0.337 e. The number of aromatic hydroxyl groups is 1. The number of methoxy groups -OCH3 is 2. The molecule has 4 aliphatic rings. The van der Waals surface area contributed by atoms with Gasteiger partial charge in [-0.25, -0.2) is 4.79 Å². The maximum absolute atomic E-state index is 13.9. The van der Waals surface area contributed by atoms with Gasteiger partial charge in [-0.05, 0) is 33.7 Å². The molecule has 238 valence electrons. The summed E-state index contributed by atoms with van der Waals surface area (Å²) in [4.78, 5) is 67.9. The molecule has 45 heavy (non-hydrogen) atoms. The fraction of sp³-hybridized carbons (Fsp3) is 0.484. The number of ether oxygens (including phenoxy) is 3. The number of ketones is 3. The first-order valence-corrected chi connectivity index (χ1v) is 14.3. The SMILES string of the molecule is COC1=C(C)C(=O)C2=C(C1=O)[C@H]1[C@@H]3Cc4c(OC(=O)CO)c(C)c(OC)c(O)c4[C@H](CNC(=O)C(C)=O)N3[C@@H](C#N)[C@@H](C2)N1C. The van der Waals surface area contributed by atoms with E-state index in [0.717, 1.165) is 6.92 Å². The minimum atomic E-state index is -0.984. The molecule has 5 rings (SSSR count). The Morgan fingerprint density at radius 2 is 1.76 bits per heavy atom. The molecule has 1 aromatic carbocycles. The van der Waals surface area contributed by atoms with Crippen LogP contribution in [0.4, 0.5) is 0 Å². The molecule has 0 radical (unpaired) electrons.